The molecular weight excluding hydrogens is 464 g/mol. The first-order chi connectivity index (χ1) is 16.9. The topological polar surface area (TPSA) is 85.7 Å². The van der Waals surface area contributed by atoms with Crippen LogP contribution in [0.3, 0.4) is 0 Å². The molecule has 1 aliphatic heterocycles. The summed E-state index contributed by atoms with van der Waals surface area (Å²) in [6.07, 6.45) is 1.15. The molecule has 0 aliphatic carbocycles. The first-order valence-electron chi connectivity index (χ1n) is 11.7. The van der Waals surface area contributed by atoms with Crippen molar-refractivity contribution in [3.63, 3.8) is 0 Å². The van der Waals surface area contributed by atoms with Gasteiger partial charge in [-0.2, -0.15) is 0 Å². The Hall–Kier alpha value is -3.20. The van der Waals surface area contributed by atoms with Crippen molar-refractivity contribution in [1.82, 2.24) is 14.5 Å². The van der Waals surface area contributed by atoms with E-state index in [4.69, 9.17) is 14.5 Å². The summed E-state index contributed by atoms with van der Waals surface area (Å²) >= 11 is 1.32. The molecular formula is C26H32N4O4S. The standard InChI is InChI=1S/C26H32N4O4S/c1-17-9-18(2)14-29(13-17)25(32)15-30-23-8-6-5-7-22(23)28-26(30)35-16-24(31)27-19-10-20(33-3)12-21(11-19)34-4/h5-8,10-12,17-18H,9,13-16H2,1-4H3,(H,27,31)/t17-,18-/m0/s1. The van der Waals surface area contributed by atoms with Gasteiger partial charge in [0.15, 0.2) is 5.16 Å². The van der Waals surface area contributed by atoms with Crippen LogP contribution >= 0.6 is 11.8 Å². The molecule has 0 bridgehead atoms. The molecule has 2 amide bonds. The summed E-state index contributed by atoms with van der Waals surface area (Å²) in [5.74, 6) is 2.22. The van der Waals surface area contributed by atoms with Crippen molar-refractivity contribution in [2.45, 2.75) is 32.0 Å². The van der Waals surface area contributed by atoms with Crippen LogP contribution in [0.15, 0.2) is 47.6 Å². The number of nitrogens with one attached hydrogen (secondary N) is 1. The Balaban J connectivity index is 1.48. The van der Waals surface area contributed by atoms with Gasteiger partial charge in [0.05, 0.1) is 31.0 Å². The predicted octanol–water partition coefficient (Wildman–Crippen LogP) is 4.29. The molecule has 4 rings (SSSR count). The van der Waals surface area contributed by atoms with E-state index in [1.807, 2.05) is 33.7 Å². The highest BCUT2D eigenvalue weighted by atomic mass is 32.2. The lowest BCUT2D eigenvalue weighted by molar-refractivity contribution is -0.134. The lowest BCUT2D eigenvalue weighted by Gasteiger charge is -2.35. The summed E-state index contributed by atoms with van der Waals surface area (Å²) in [5.41, 5.74) is 2.28. The molecule has 0 radical (unpaired) electrons. The fraction of sp³-hybridized carbons (Fsp3) is 0.423. The Morgan fingerprint density at radius 2 is 1.71 bits per heavy atom. The minimum absolute atomic E-state index is 0.0846. The number of benzene rings is 2. The van der Waals surface area contributed by atoms with Crippen molar-refractivity contribution in [2.75, 3.05) is 38.4 Å². The second kappa shape index (κ2) is 11.0. The molecule has 3 aromatic rings. The minimum atomic E-state index is -0.186. The number of aromatic nitrogens is 2. The summed E-state index contributed by atoms with van der Waals surface area (Å²) in [5, 5.41) is 3.53. The van der Waals surface area contributed by atoms with Gasteiger partial charge in [-0.15, -0.1) is 0 Å². The summed E-state index contributed by atoms with van der Waals surface area (Å²) in [6, 6.07) is 13.0. The third-order valence-electron chi connectivity index (χ3n) is 6.10. The number of para-hydroxylation sites is 2. The fourth-order valence-corrected chi connectivity index (χ4v) is 5.44. The van der Waals surface area contributed by atoms with Crippen molar-refractivity contribution in [3.8, 4) is 11.5 Å². The van der Waals surface area contributed by atoms with Crippen LogP contribution in [-0.4, -0.2) is 59.3 Å². The predicted molar refractivity (Wildman–Crippen MR) is 138 cm³/mol. The summed E-state index contributed by atoms with van der Waals surface area (Å²) in [6.45, 7) is 6.16. The minimum Gasteiger partial charge on any atom is -0.497 e. The number of rotatable bonds is 8. The number of likely N-dealkylation sites (tertiary alicyclic amines) is 1. The Morgan fingerprint density at radius 1 is 1.06 bits per heavy atom. The van der Waals surface area contributed by atoms with Crippen LogP contribution in [-0.2, 0) is 16.1 Å². The van der Waals surface area contributed by atoms with E-state index in [9.17, 15) is 9.59 Å². The van der Waals surface area contributed by atoms with Crippen LogP contribution in [0.5, 0.6) is 11.5 Å². The van der Waals surface area contributed by atoms with Gasteiger partial charge in [-0.05, 0) is 30.4 Å². The van der Waals surface area contributed by atoms with Gasteiger partial charge < -0.3 is 24.3 Å². The fourth-order valence-electron chi connectivity index (χ4n) is 4.62. The number of hydrogen-bond donors (Lipinski definition) is 1. The molecule has 2 aromatic carbocycles. The van der Waals surface area contributed by atoms with Crippen LogP contribution in [0.4, 0.5) is 5.69 Å². The molecule has 1 aliphatic rings. The van der Waals surface area contributed by atoms with Gasteiger partial charge in [0, 0.05) is 37.0 Å². The molecule has 2 heterocycles. The lowest BCUT2D eigenvalue weighted by atomic mass is 9.92. The van der Waals surface area contributed by atoms with E-state index in [1.54, 1.807) is 32.4 Å². The SMILES string of the molecule is COc1cc(NC(=O)CSc2nc3ccccc3n2CC(=O)N2C[C@@H](C)C[C@H](C)C2)cc(OC)c1. The van der Waals surface area contributed by atoms with Crippen molar-refractivity contribution in [3.05, 3.63) is 42.5 Å². The van der Waals surface area contributed by atoms with Crippen LogP contribution in [0.1, 0.15) is 20.3 Å². The van der Waals surface area contributed by atoms with E-state index in [1.165, 1.54) is 11.8 Å². The maximum absolute atomic E-state index is 13.2. The van der Waals surface area contributed by atoms with E-state index in [-0.39, 0.29) is 24.1 Å². The zero-order valence-electron chi connectivity index (χ0n) is 20.6. The van der Waals surface area contributed by atoms with Crippen molar-refractivity contribution < 1.29 is 19.1 Å². The molecule has 9 heteroatoms. The number of carbonyl (C=O) groups excluding carboxylic acids is 2. The molecule has 0 spiro atoms. The van der Waals surface area contributed by atoms with E-state index >= 15 is 0 Å². The molecule has 0 saturated carbocycles. The molecule has 1 fully saturated rings. The van der Waals surface area contributed by atoms with Crippen LogP contribution in [0.25, 0.3) is 11.0 Å². The number of ether oxygens (including phenoxy) is 2. The third kappa shape index (κ3) is 6.08. The molecule has 1 N–H and O–H groups in total. The van der Waals surface area contributed by atoms with Crippen molar-refractivity contribution >= 4 is 40.3 Å². The number of carbonyl (C=O) groups is 2. The second-order valence-corrected chi connectivity index (χ2v) is 10.1. The summed E-state index contributed by atoms with van der Waals surface area (Å²) in [7, 11) is 3.13. The number of thioether (sulfide) groups is 1. The smallest absolute Gasteiger partial charge is 0.242 e. The molecule has 8 nitrogen and oxygen atoms in total. The average Bonchev–Trinajstić information content (AvgIpc) is 3.19. The van der Waals surface area contributed by atoms with E-state index in [2.05, 4.69) is 19.2 Å². The quantitative estimate of drug-likeness (QED) is 0.469. The number of methoxy groups -OCH3 is 2. The number of imidazole rings is 1. The number of nitrogens with zero attached hydrogens (tertiary/aromatic N) is 3. The average molecular weight is 497 g/mol. The van der Waals surface area contributed by atoms with Gasteiger partial charge in [-0.1, -0.05) is 37.7 Å². The zero-order valence-corrected chi connectivity index (χ0v) is 21.4. The number of fused-ring (bicyclic) bond motifs is 1. The molecule has 0 unspecified atom stereocenters. The summed E-state index contributed by atoms with van der Waals surface area (Å²) in [4.78, 5) is 32.6. The zero-order chi connectivity index (χ0) is 24.9. The number of piperidine rings is 1. The van der Waals surface area contributed by atoms with Gasteiger partial charge in [0.25, 0.3) is 0 Å². The maximum Gasteiger partial charge on any atom is 0.242 e. The molecule has 1 aromatic heterocycles. The molecule has 1 saturated heterocycles. The largest absolute Gasteiger partial charge is 0.497 e. The van der Waals surface area contributed by atoms with Crippen LogP contribution in [0.2, 0.25) is 0 Å². The highest BCUT2D eigenvalue weighted by molar-refractivity contribution is 7.99. The molecule has 2 atom stereocenters. The first-order valence-corrected chi connectivity index (χ1v) is 12.7. The van der Waals surface area contributed by atoms with Gasteiger partial charge in [0.2, 0.25) is 11.8 Å². The van der Waals surface area contributed by atoms with Crippen LogP contribution < -0.4 is 14.8 Å². The monoisotopic (exact) mass is 496 g/mol. The van der Waals surface area contributed by atoms with E-state index < -0.39 is 0 Å². The highest BCUT2D eigenvalue weighted by Gasteiger charge is 2.26. The Morgan fingerprint density at radius 3 is 2.37 bits per heavy atom. The van der Waals surface area contributed by atoms with Gasteiger partial charge in [0.1, 0.15) is 18.0 Å². The van der Waals surface area contributed by atoms with Crippen LogP contribution in [0, 0.1) is 11.8 Å². The third-order valence-corrected chi connectivity index (χ3v) is 7.08. The molecule has 186 valence electrons. The normalized spacial score (nSPS) is 17.9. The van der Waals surface area contributed by atoms with E-state index in [0.717, 1.165) is 30.5 Å². The highest BCUT2D eigenvalue weighted by Crippen LogP contribution is 2.28. The van der Waals surface area contributed by atoms with Crippen molar-refractivity contribution in [2.24, 2.45) is 11.8 Å². The number of hydrogen-bond acceptors (Lipinski definition) is 6. The Kier molecular flexibility index (Phi) is 7.85. The maximum atomic E-state index is 13.2. The number of amides is 2. The van der Waals surface area contributed by atoms with E-state index in [0.29, 0.717) is 34.2 Å². The summed E-state index contributed by atoms with van der Waals surface area (Å²) < 4.78 is 12.5. The van der Waals surface area contributed by atoms with Gasteiger partial charge in [-0.25, -0.2) is 4.98 Å². The van der Waals surface area contributed by atoms with Crippen molar-refractivity contribution in [1.29, 1.82) is 0 Å². The number of anilines is 1. The van der Waals surface area contributed by atoms with Gasteiger partial charge in [-0.3, -0.25) is 9.59 Å². The van der Waals surface area contributed by atoms with Gasteiger partial charge >= 0.3 is 0 Å². The second-order valence-electron chi connectivity index (χ2n) is 9.15. The molecule has 35 heavy (non-hydrogen) atoms. The Labute approximate surface area is 210 Å². The lowest BCUT2D eigenvalue weighted by Crippen LogP contribution is -2.44. The first kappa shape index (κ1) is 24.9. The Bertz CT molecular complexity index is 1180.